The monoisotopic (exact) mass is 622 g/mol. The SMILES string of the molecule is CCN1CCN(Cc2ccc(NC(=O)CNc3ccc(-c4ccc(NC(=O)C5CCCCC5)nc4)cc3)cc2C(F)(F)F)CC1. The molecule has 0 radical (unpaired) electrons. The van der Waals surface area contributed by atoms with Gasteiger partial charge in [-0.3, -0.25) is 14.5 Å². The Morgan fingerprint density at radius 1 is 0.844 bits per heavy atom. The summed E-state index contributed by atoms with van der Waals surface area (Å²) in [5, 5.41) is 8.52. The average Bonchev–Trinajstić information content (AvgIpc) is 3.05. The standard InChI is InChI=1S/C34H41F3N6O2/c1-2-42-16-18-43(19-17-42)23-27-10-14-29(20-30(27)34(35,36)37)40-32(44)22-38-28-12-8-24(9-13-28)26-11-15-31(39-21-26)41-33(45)25-6-4-3-5-7-25/h8-15,20-21,25,38H,2-7,16-19,22-23H2,1H3,(H,40,44)(H,39,41,45). The van der Waals surface area contributed by atoms with E-state index in [1.54, 1.807) is 12.3 Å². The number of piperazine rings is 1. The maximum absolute atomic E-state index is 13.9. The van der Waals surface area contributed by atoms with Crippen LogP contribution in [-0.2, 0) is 22.3 Å². The van der Waals surface area contributed by atoms with E-state index in [-0.39, 0.29) is 36.2 Å². The molecule has 2 aromatic carbocycles. The number of nitrogens with zero attached hydrogens (tertiary/aromatic N) is 3. The molecule has 2 heterocycles. The lowest BCUT2D eigenvalue weighted by Crippen LogP contribution is -2.45. The second-order valence-electron chi connectivity index (χ2n) is 11.8. The highest BCUT2D eigenvalue weighted by molar-refractivity contribution is 5.94. The Kier molecular flexibility index (Phi) is 10.7. The maximum atomic E-state index is 13.9. The van der Waals surface area contributed by atoms with Crippen molar-refractivity contribution in [1.29, 1.82) is 0 Å². The number of amides is 2. The molecule has 45 heavy (non-hydrogen) atoms. The molecule has 8 nitrogen and oxygen atoms in total. The smallest absolute Gasteiger partial charge is 0.376 e. The summed E-state index contributed by atoms with van der Waals surface area (Å²) in [6, 6.07) is 15.1. The number of halogens is 3. The van der Waals surface area contributed by atoms with Crippen LogP contribution in [0.25, 0.3) is 11.1 Å². The third kappa shape index (κ3) is 9.04. The van der Waals surface area contributed by atoms with Crippen LogP contribution in [0.15, 0.2) is 60.8 Å². The van der Waals surface area contributed by atoms with E-state index >= 15 is 0 Å². The number of anilines is 3. The lowest BCUT2D eigenvalue weighted by atomic mass is 9.89. The number of benzene rings is 2. The van der Waals surface area contributed by atoms with Crippen LogP contribution < -0.4 is 16.0 Å². The molecule has 0 atom stereocenters. The van der Waals surface area contributed by atoms with Crippen LogP contribution in [0, 0.1) is 5.92 Å². The third-order valence-electron chi connectivity index (χ3n) is 8.67. The zero-order valence-corrected chi connectivity index (χ0v) is 25.6. The molecule has 5 rings (SSSR count). The zero-order chi connectivity index (χ0) is 31.8. The van der Waals surface area contributed by atoms with E-state index in [1.165, 1.54) is 18.6 Å². The van der Waals surface area contributed by atoms with Gasteiger partial charge in [-0.25, -0.2) is 4.98 Å². The van der Waals surface area contributed by atoms with Crippen molar-refractivity contribution >= 4 is 29.0 Å². The van der Waals surface area contributed by atoms with Gasteiger partial charge in [0.1, 0.15) is 5.82 Å². The van der Waals surface area contributed by atoms with Crippen molar-refractivity contribution in [2.75, 3.05) is 55.2 Å². The first-order valence-corrected chi connectivity index (χ1v) is 15.7. The normalized spacial score (nSPS) is 16.7. The molecule has 3 N–H and O–H groups in total. The molecule has 1 aromatic heterocycles. The van der Waals surface area contributed by atoms with E-state index in [1.807, 2.05) is 35.2 Å². The van der Waals surface area contributed by atoms with Crippen molar-refractivity contribution in [3.8, 4) is 11.1 Å². The van der Waals surface area contributed by atoms with Crippen LogP contribution in [0.3, 0.4) is 0 Å². The number of rotatable bonds is 10. The molecule has 1 saturated heterocycles. The van der Waals surface area contributed by atoms with Gasteiger partial charge in [-0.15, -0.1) is 0 Å². The third-order valence-corrected chi connectivity index (χ3v) is 8.67. The van der Waals surface area contributed by atoms with E-state index < -0.39 is 17.6 Å². The molecule has 0 spiro atoms. The highest BCUT2D eigenvalue weighted by atomic mass is 19.4. The first-order valence-electron chi connectivity index (χ1n) is 15.7. The Bertz CT molecular complexity index is 1430. The second-order valence-corrected chi connectivity index (χ2v) is 11.8. The van der Waals surface area contributed by atoms with Crippen molar-refractivity contribution in [3.05, 3.63) is 71.9 Å². The predicted molar refractivity (Wildman–Crippen MR) is 171 cm³/mol. The Labute approximate surface area is 262 Å². The Morgan fingerprint density at radius 3 is 2.16 bits per heavy atom. The van der Waals surface area contributed by atoms with Gasteiger partial charge < -0.3 is 20.9 Å². The summed E-state index contributed by atoms with van der Waals surface area (Å²) in [7, 11) is 0. The molecule has 3 aromatic rings. The highest BCUT2D eigenvalue weighted by Gasteiger charge is 2.34. The zero-order valence-electron chi connectivity index (χ0n) is 25.6. The number of aromatic nitrogens is 1. The number of likely N-dealkylation sites (N-methyl/N-ethyl adjacent to an activating group) is 1. The van der Waals surface area contributed by atoms with E-state index in [9.17, 15) is 22.8 Å². The molecule has 0 unspecified atom stereocenters. The Morgan fingerprint density at radius 2 is 1.51 bits per heavy atom. The van der Waals surface area contributed by atoms with Gasteiger partial charge in [0.2, 0.25) is 11.8 Å². The van der Waals surface area contributed by atoms with E-state index in [4.69, 9.17) is 0 Å². The number of nitrogens with one attached hydrogen (secondary N) is 3. The fourth-order valence-electron chi connectivity index (χ4n) is 5.96. The first kappa shape index (κ1) is 32.4. The number of hydrogen-bond acceptors (Lipinski definition) is 6. The summed E-state index contributed by atoms with van der Waals surface area (Å²) in [6.45, 7) is 6.25. The summed E-state index contributed by atoms with van der Waals surface area (Å²) < 4.78 is 41.8. The topological polar surface area (TPSA) is 89.6 Å². The van der Waals surface area contributed by atoms with Crippen molar-refractivity contribution in [3.63, 3.8) is 0 Å². The summed E-state index contributed by atoms with van der Waals surface area (Å²) in [4.78, 5) is 33.8. The van der Waals surface area contributed by atoms with Gasteiger partial charge in [-0.2, -0.15) is 13.2 Å². The Hall–Kier alpha value is -3.96. The fourth-order valence-corrected chi connectivity index (χ4v) is 5.96. The first-order chi connectivity index (χ1) is 21.7. The molecule has 240 valence electrons. The van der Waals surface area contributed by atoms with Crippen molar-refractivity contribution in [2.24, 2.45) is 5.92 Å². The number of carbonyl (C=O) groups excluding carboxylic acids is 2. The summed E-state index contributed by atoms with van der Waals surface area (Å²) in [6.07, 6.45) is 2.41. The van der Waals surface area contributed by atoms with Gasteiger partial charge in [0, 0.05) is 61.8 Å². The van der Waals surface area contributed by atoms with Crippen LogP contribution in [0.1, 0.15) is 50.2 Å². The minimum absolute atomic E-state index is 0.0313. The molecular formula is C34H41F3N6O2. The highest BCUT2D eigenvalue weighted by Crippen LogP contribution is 2.35. The van der Waals surface area contributed by atoms with Crippen molar-refractivity contribution in [1.82, 2.24) is 14.8 Å². The van der Waals surface area contributed by atoms with Gasteiger partial charge in [-0.05, 0) is 66.9 Å². The quantitative estimate of drug-likeness (QED) is 0.240. The minimum Gasteiger partial charge on any atom is -0.376 e. The largest absolute Gasteiger partial charge is 0.416 e. The molecule has 1 aliphatic carbocycles. The Balaban J connectivity index is 1.12. The summed E-state index contributed by atoms with van der Waals surface area (Å²) in [5.74, 6) is 0.165. The molecule has 1 aliphatic heterocycles. The fraction of sp³-hybridized carbons (Fsp3) is 0.441. The van der Waals surface area contributed by atoms with Crippen LogP contribution >= 0.6 is 0 Å². The molecule has 2 amide bonds. The number of carbonyl (C=O) groups is 2. The molecule has 1 saturated carbocycles. The van der Waals surface area contributed by atoms with Crippen LogP contribution in [0.2, 0.25) is 0 Å². The van der Waals surface area contributed by atoms with Crippen LogP contribution in [-0.4, -0.2) is 65.9 Å². The van der Waals surface area contributed by atoms with Gasteiger partial charge in [-0.1, -0.05) is 44.4 Å². The maximum Gasteiger partial charge on any atom is 0.416 e. The van der Waals surface area contributed by atoms with Crippen LogP contribution in [0.4, 0.5) is 30.4 Å². The molecule has 11 heteroatoms. The van der Waals surface area contributed by atoms with E-state index in [0.717, 1.165) is 75.6 Å². The van der Waals surface area contributed by atoms with Gasteiger partial charge in [0.15, 0.2) is 0 Å². The minimum atomic E-state index is -4.53. The van der Waals surface area contributed by atoms with Crippen molar-refractivity contribution < 1.29 is 22.8 Å². The average molecular weight is 623 g/mol. The van der Waals surface area contributed by atoms with Crippen molar-refractivity contribution in [2.45, 2.75) is 51.7 Å². The lowest BCUT2D eigenvalue weighted by Gasteiger charge is -2.34. The molecule has 2 fully saturated rings. The molecular weight excluding hydrogens is 581 g/mol. The van der Waals surface area contributed by atoms with E-state index in [0.29, 0.717) is 11.5 Å². The van der Waals surface area contributed by atoms with Gasteiger partial charge in [0.05, 0.1) is 12.1 Å². The van der Waals surface area contributed by atoms with E-state index in [2.05, 4.69) is 32.8 Å². The number of pyridine rings is 1. The summed E-state index contributed by atoms with van der Waals surface area (Å²) in [5.41, 5.74) is 2.06. The van der Waals surface area contributed by atoms with Gasteiger partial charge >= 0.3 is 6.18 Å². The second kappa shape index (κ2) is 14.9. The molecule has 0 bridgehead atoms. The predicted octanol–water partition coefficient (Wildman–Crippen LogP) is 6.47. The lowest BCUT2D eigenvalue weighted by molar-refractivity contribution is -0.138. The summed E-state index contributed by atoms with van der Waals surface area (Å²) >= 11 is 0. The number of hydrogen-bond donors (Lipinski definition) is 3. The molecule has 2 aliphatic rings. The van der Waals surface area contributed by atoms with Gasteiger partial charge in [0.25, 0.3) is 0 Å². The van der Waals surface area contributed by atoms with Crippen LogP contribution in [0.5, 0.6) is 0 Å². The number of alkyl halides is 3.